The fraction of sp³-hybridized carbons (Fsp3) is 0.364. The van der Waals surface area contributed by atoms with Crippen molar-refractivity contribution in [1.29, 1.82) is 0 Å². The molecule has 0 radical (unpaired) electrons. The minimum absolute atomic E-state index is 0.109. The largest absolute Gasteiger partial charge is 0.454 e. The standard InChI is InChI=1S/C22H26N2O4/c1-4-16-7-6-8-17(5-2)22(16)23-21(26)11-12-24(15(3)25)18-9-10-19-20(13-18)28-14-27-19/h6-10,13H,4-5,11-12,14H2,1-3H3,(H,23,26). The highest BCUT2D eigenvalue weighted by Gasteiger charge is 2.19. The summed E-state index contributed by atoms with van der Waals surface area (Å²) in [5.41, 5.74) is 3.82. The van der Waals surface area contributed by atoms with Gasteiger partial charge >= 0.3 is 0 Å². The summed E-state index contributed by atoms with van der Waals surface area (Å²) in [7, 11) is 0. The van der Waals surface area contributed by atoms with Crippen molar-refractivity contribution in [2.75, 3.05) is 23.6 Å². The molecule has 28 heavy (non-hydrogen) atoms. The van der Waals surface area contributed by atoms with Crippen LogP contribution in [0, 0.1) is 0 Å². The second kappa shape index (κ2) is 8.78. The Bertz CT molecular complexity index is 857. The maximum atomic E-state index is 12.6. The molecule has 0 fully saturated rings. The third-order valence-electron chi connectivity index (χ3n) is 4.87. The first-order valence-corrected chi connectivity index (χ1v) is 9.61. The van der Waals surface area contributed by atoms with Gasteiger partial charge < -0.3 is 19.7 Å². The average Bonchev–Trinajstić information content (AvgIpc) is 3.16. The van der Waals surface area contributed by atoms with E-state index in [2.05, 4.69) is 19.2 Å². The number of nitrogens with zero attached hydrogens (tertiary/aromatic N) is 1. The highest BCUT2D eigenvalue weighted by Crippen LogP contribution is 2.35. The number of carbonyl (C=O) groups excluding carboxylic acids is 2. The van der Waals surface area contributed by atoms with E-state index in [9.17, 15) is 9.59 Å². The van der Waals surface area contributed by atoms with Crippen molar-refractivity contribution in [3.63, 3.8) is 0 Å². The van der Waals surface area contributed by atoms with Gasteiger partial charge in [-0.25, -0.2) is 0 Å². The Morgan fingerprint density at radius 1 is 1.04 bits per heavy atom. The fourth-order valence-electron chi connectivity index (χ4n) is 3.34. The van der Waals surface area contributed by atoms with Crippen molar-refractivity contribution in [3.05, 3.63) is 47.5 Å². The van der Waals surface area contributed by atoms with Crippen LogP contribution in [0.2, 0.25) is 0 Å². The maximum Gasteiger partial charge on any atom is 0.231 e. The van der Waals surface area contributed by atoms with Crippen LogP contribution in [-0.2, 0) is 22.4 Å². The summed E-state index contributed by atoms with van der Waals surface area (Å²) in [5.74, 6) is 1.03. The van der Waals surface area contributed by atoms with Gasteiger partial charge in [0.05, 0.1) is 0 Å². The summed E-state index contributed by atoms with van der Waals surface area (Å²) in [6, 6.07) is 11.4. The molecule has 0 atom stereocenters. The molecule has 148 valence electrons. The Kier molecular flexibility index (Phi) is 6.19. The highest BCUT2D eigenvalue weighted by atomic mass is 16.7. The molecular formula is C22H26N2O4. The molecule has 0 saturated carbocycles. The van der Waals surface area contributed by atoms with Gasteiger partial charge in [0, 0.05) is 37.3 Å². The van der Waals surface area contributed by atoms with E-state index < -0.39 is 0 Å². The van der Waals surface area contributed by atoms with Crippen molar-refractivity contribution in [3.8, 4) is 11.5 Å². The van der Waals surface area contributed by atoms with Gasteiger partial charge in [0.1, 0.15) is 0 Å². The summed E-state index contributed by atoms with van der Waals surface area (Å²) in [6.07, 6.45) is 1.90. The van der Waals surface area contributed by atoms with Crippen LogP contribution in [0.1, 0.15) is 38.3 Å². The van der Waals surface area contributed by atoms with Gasteiger partial charge in [-0.3, -0.25) is 9.59 Å². The van der Waals surface area contributed by atoms with E-state index >= 15 is 0 Å². The molecule has 2 amide bonds. The number of rotatable bonds is 7. The zero-order valence-corrected chi connectivity index (χ0v) is 16.6. The molecule has 0 aliphatic carbocycles. The number of para-hydroxylation sites is 1. The number of carbonyl (C=O) groups is 2. The second-order valence-electron chi connectivity index (χ2n) is 6.66. The van der Waals surface area contributed by atoms with Gasteiger partial charge in [-0.1, -0.05) is 32.0 Å². The molecule has 6 heteroatoms. The van der Waals surface area contributed by atoms with E-state index in [1.807, 2.05) is 18.2 Å². The van der Waals surface area contributed by atoms with Crippen molar-refractivity contribution in [1.82, 2.24) is 0 Å². The minimum atomic E-state index is -0.130. The van der Waals surface area contributed by atoms with Crippen LogP contribution in [0.25, 0.3) is 0 Å². The number of nitrogens with one attached hydrogen (secondary N) is 1. The lowest BCUT2D eigenvalue weighted by Crippen LogP contribution is -2.32. The number of benzene rings is 2. The molecule has 2 aromatic carbocycles. The first-order chi connectivity index (χ1) is 13.5. The van der Waals surface area contributed by atoms with Gasteiger partial charge in [-0.2, -0.15) is 0 Å². The number of fused-ring (bicyclic) bond motifs is 1. The predicted octanol–water partition coefficient (Wildman–Crippen LogP) is 3.92. The van der Waals surface area contributed by atoms with E-state index in [0.29, 0.717) is 17.2 Å². The van der Waals surface area contributed by atoms with E-state index in [4.69, 9.17) is 9.47 Å². The molecule has 1 heterocycles. The molecule has 0 bridgehead atoms. The van der Waals surface area contributed by atoms with E-state index in [1.165, 1.54) is 6.92 Å². The lowest BCUT2D eigenvalue weighted by molar-refractivity contribution is -0.117. The zero-order valence-electron chi connectivity index (χ0n) is 16.6. The van der Waals surface area contributed by atoms with Crippen LogP contribution in [-0.4, -0.2) is 25.2 Å². The summed E-state index contributed by atoms with van der Waals surface area (Å²) in [5, 5.41) is 3.05. The SMILES string of the molecule is CCc1cccc(CC)c1NC(=O)CCN(C(C)=O)c1ccc2c(c1)OCO2. The molecular weight excluding hydrogens is 356 g/mol. The molecule has 6 nitrogen and oxygen atoms in total. The van der Waals surface area contributed by atoms with Crippen LogP contribution in [0.15, 0.2) is 36.4 Å². The first kappa shape index (κ1) is 19.7. The van der Waals surface area contributed by atoms with Gasteiger partial charge in [-0.15, -0.1) is 0 Å². The normalized spacial score (nSPS) is 12.0. The highest BCUT2D eigenvalue weighted by molar-refractivity contribution is 5.95. The van der Waals surface area contributed by atoms with Crippen LogP contribution in [0.3, 0.4) is 0 Å². The monoisotopic (exact) mass is 382 g/mol. The number of aryl methyl sites for hydroxylation is 2. The van der Waals surface area contributed by atoms with E-state index in [-0.39, 0.29) is 31.6 Å². The third-order valence-corrected chi connectivity index (χ3v) is 4.87. The molecule has 0 saturated heterocycles. The van der Waals surface area contributed by atoms with Crippen LogP contribution in [0.4, 0.5) is 11.4 Å². The predicted molar refractivity (Wildman–Crippen MR) is 109 cm³/mol. The molecule has 1 aliphatic heterocycles. The molecule has 0 aromatic heterocycles. The summed E-state index contributed by atoms with van der Waals surface area (Å²) >= 11 is 0. The molecule has 1 N–H and O–H groups in total. The van der Waals surface area contributed by atoms with Crippen LogP contribution >= 0.6 is 0 Å². The summed E-state index contributed by atoms with van der Waals surface area (Å²) in [6.45, 7) is 6.10. The lowest BCUT2D eigenvalue weighted by atomic mass is 10.0. The van der Waals surface area contributed by atoms with Gasteiger partial charge in [0.25, 0.3) is 0 Å². The molecule has 1 aliphatic rings. The van der Waals surface area contributed by atoms with Crippen molar-refractivity contribution >= 4 is 23.2 Å². The Balaban J connectivity index is 1.69. The van der Waals surface area contributed by atoms with Crippen molar-refractivity contribution in [2.24, 2.45) is 0 Å². The van der Waals surface area contributed by atoms with Gasteiger partial charge in [0.2, 0.25) is 18.6 Å². The molecule has 2 aromatic rings. The molecule has 3 rings (SSSR count). The van der Waals surface area contributed by atoms with E-state index in [0.717, 1.165) is 29.7 Å². The first-order valence-electron chi connectivity index (χ1n) is 9.61. The number of ether oxygens (including phenoxy) is 2. The Morgan fingerprint density at radius 2 is 1.71 bits per heavy atom. The zero-order chi connectivity index (χ0) is 20.1. The number of amides is 2. The average molecular weight is 382 g/mol. The van der Waals surface area contributed by atoms with Crippen LogP contribution in [0.5, 0.6) is 11.5 Å². The number of hydrogen-bond donors (Lipinski definition) is 1. The fourth-order valence-corrected chi connectivity index (χ4v) is 3.34. The second-order valence-corrected chi connectivity index (χ2v) is 6.66. The van der Waals surface area contributed by atoms with Crippen molar-refractivity contribution < 1.29 is 19.1 Å². The Hall–Kier alpha value is -3.02. The third kappa shape index (κ3) is 4.27. The quantitative estimate of drug-likeness (QED) is 0.788. The van der Waals surface area contributed by atoms with Gasteiger partial charge in [-0.05, 0) is 36.1 Å². The van der Waals surface area contributed by atoms with Crippen molar-refractivity contribution in [2.45, 2.75) is 40.0 Å². The molecule has 0 unspecified atom stereocenters. The Labute approximate surface area is 165 Å². The topological polar surface area (TPSA) is 67.9 Å². The maximum absolute atomic E-state index is 12.6. The number of anilines is 2. The van der Waals surface area contributed by atoms with Crippen LogP contribution < -0.4 is 19.7 Å². The Morgan fingerprint density at radius 3 is 2.36 bits per heavy atom. The molecule has 0 spiro atoms. The minimum Gasteiger partial charge on any atom is -0.454 e. The summed E-state index contributed by atoms with van der Waals surface area (Å²) < 4.78 is 10.7. The van der Waals surface area contributed by atoms with E-state index in [1.54, 1.807) is 23.1 Å². The number of hydrogen-bond acceptors (Lipinski definition) is 4. The van der Waals surface area contributed by atoms with Gasteiger partial charge in [0.15, 0.2) is 11.5 Å². The lowest BCUT2D eigenvalue weighted by Gasteiger charge is -2.22. The smallest absolute Gasteiger partial charge is 0.231 e. The summed E-state index contributed by atoms with van der Waals surface area (Å²) in [4.78, 5) is 26.3.